The normalized spacial score (nSPS) is 20.9. The molecule has 1 saturated carbocycles. The molecule has 4 rings (SSSR count). The molecule has 8 heteroatoms. The second-order valence-electron chi connectivity index (χ2n) is 11.1. The van der Waals surface area contributed by atoms with E-state index in [2.05, 4.69) is 16.0 Å². The first-order valence-electron chi connectivity index (χ1n) is 12.5. The average molecular weight is 472 g/mol. The molecule has 0 bridgehead atoms. The lowest BCUT2D eigenvalue weighted by molar-refractivity contribution is -0.124. The maximum Gasteiger partial charge on any atom is 0.407 e. The van der Waals surface area contributed by atoms with Crippen LogP contribution in [-0.4, -0.2) is 43.8 Å². The van der Waals surface area contributed by atoms with E-state index < -0.39 is 17.6 Å². The van der Waals surface area contributed by atoms with Crippen LogP contribution in [0.15, 0.2) is 18.2 Å². The third-order valence-electron chi connectivity index (χ3n) is 7.15. The minimum atomic E-state index is -0.669. The number of hydrogen-bond donors (Lipinski definition) is 3. The lowest BCUT2D eigenvalue weighted by Gasteiger charge is -2.31. The molecule has 3 N–H and O–H groups in total. The van der Waals surface area contributed by atoms with Crippen molar-refractivity contribution in [3.8, 4) is 0 Å². The zero-order chi connectivity index (χ0) is 24.3. The molecule has 1 saturated heterocycles. The average Bonchev–Trinajstić information content (AvgIpc) is 3.06. The summed E-state index contributed by atoms with van der Waals surface area (Å²) in [6.45, 7) is 7.36. The van der Waals surface area contributed by atoms with E-state index in [1.165, 1.54) is 0 Å². The molecule has 3 amide bonds. The highest BCUT2D eigenvalue weighted by Crippen LogP contribution is 2.45. The molecule has 1 aromatic carbocycles. The maximum atomic E-state index is 13.3. The van der Waals surface area contributed by atoms with Crippen molar-refractivity contribution < 1.29 is 23.9 Å². The van der Waals surface area contributed by atoms with Gasteiger partial charge in [0.2, 0.25) is 11.8 Å². The number of alkyl carbamates (subject to hydrolysis) is 1. The third-order valence-corrected chi connectivity index (χ3v) is 7.15. The SMILES string of the molecule is CC(C)(C)COC(=O)NC(C(=O)Nc1ccc2c(c1)NC(=O)C21CCOCC1)C1CCCCC1. The summed E-state index contributed by atoms with van der Waals surface area (Å²) < 4.78 is 10.8. The number of nitrogens with one attached hydrogen (secondary N) is 3. The van der Waals surface area contributed by atoms with Crippen LogP contribution in [0.25, 0.3) is 0 Å². The molecule has 1 aliphatic carbocycles. The van der Waals surface area contributed by atoms with E-state index in [0.29, 0.717) is 31.7 Å². The van der Waals surface area contributed by atoms with Crippen molar-refractivity contribution in [1.82, 2.24) is 5.32 Å². The highest BCUT2D eigenvalue weighted by molar-refractivity contribution is 6.07. The van der Waals surface area contributed by atoms with Crippen LogP contribution in [0.1, 0.15) is 71.3 Å². The zero-order valence-electron chi connectivity index (χ0n) is 20.5. The van der Waals surface area contributed by atoms with Gasteiger partial charge in [0.05, 0.1) is 12.0 Å². The second-order valence-corrected chi connectivity index (χ2v) is 11.1. The quantitative estimate of drug-likeness (QED) is 0.592. The molecule has 34 heavy (non-hydrogen) atoms. The molecule has 0 radical (unpaired) electrons. The van der Waals surface area contributed by atoms with Gasteiger partial charge in [-0.1, -0.05) is 46.1 Å². The number of carbonyl (C=O) groups is 3. The number of amides is 3. The molecule has 0 aromatic heterocycles. The Morgan fingerprint density at radius 2 is 1.88 bits per heavy atom. The summed E-state index contributed by atoms with van der Waals surface area (Å²) in [6, 6.07) is 4.90. The van der Waals surface area contributed by atoms with Crippen LogP contribution in [0.2, 0.25) is 0 Å². The van der Waals surface area contributed by atoms with Gasteiger partial charge in [-0.25, -0.2) is 4.79 Å². The zero-order valence-corrected chi connectivity index (χ0v) is 20.5. The molecular weight excluding hydrogens is 434 g/mol. The van der Waals surface area contributed by atoms with Crippen LogP contribution in [0.5, 0.6) is 0 Å². The Labute approximate surface area is 201 Å². The van der Waals surface area contributed by atoms with Gasteiger partial charge in [0.15, 0.2) is 0 Å². The van der Waals surface area contributed by atoms with E-state index in [4.69, 9.17) is 9.47 Å². The van der Waals surface area contributed by atoms with Crippen molar-refractivity contribution in [2.75, 3.05) is 30.5 Å². The van der Waals surface area contributed by atoms with Gasteiger partial charge in [0.25, 0.3) is 0 Å². The minimum absolute atomic E-state index is 0.00220. The van der Waals surface area contributed by atoms with Gasteiger partial charge in [-0.2, -0.15) is 0 Å². The van der Waals surface area contributed by atoms with Crippen molar-refractivity contribution >= 4 is 29.3 Å². The van der Waals surface area contributed by atoms with Crippen LogP contribution in [0, 0.1) is 11.3 Å². The first-order chi connectivity index (χ1) is 16.2. The number of ether oxygens (including phenoxy) is 2. The fraction of sp³-hybridized carbons (Fsp3) is 0.654. The number of hydrogen-bond acceptors (Lipinski definition) is 5. The van der Waals surface area contributed by atoms with Gasteiger partial charge in [0.1, 0.15) is 6.04 Å². The summed E-state index contributed by atoms with van der Waals surface area (Å²) in [5.41, 5.74) is 1.59. The predicted molar refractivity (Wildman–Crippen MR) is 130 cm³/mol. The topological polar surface area (TPSA) is 106 Å². The summed E-state index contributed by atoms with van der Waals surface area (Å²) in [5.74, 6) is -0.196. The summed E-state index contributed by atoms with van der Waals surface area (Å²) in [6.07, 6.45) is 5.77. The number of carbonyl (C=O) groups excluding carboxylic acids is 3. The molecule has 1 spiro atoms. The molecule has 186 valence electrons. The van der Waals surface area contributed by atoms with Crippen molar-refractivity contribution in [2.24, 2.45) is 11.3 Å². The van der Waals surface area contributed by atoms with Gasteiger partial charge in [-0.05, 0) is 54.7 Å². The Kier molecular flexibility index (Phi) is 7.17. The predicted octanol–water partition coefficient (Wildman–Crippen LogP) is 4.35. The molecule has 2 fully saturated rings. The molecule has 2 heterocycles. The van der Waals surface area contributed by atoms with Crippen LogP contribution in [0.3, 0.4) is 0 Å². The molecule has 1 aromatic rings. The fourth-order valence-corrected chi connectivity index (χ4v) is 5.26. The molecule has 1 unspecified atom stereocenters. The highest BCUT2D eigenvalue weighted by atomic mass is 16.5. The highest BCUT2D eigenvalue weighted by Gasteiger charge is 2.47. The lowest BCUT2D eigenvalue weighted by Crippen LogP contribution is -2.49. The Bertz CT molecular complexity index is 927. The van der Waals surface area contributed by atoms with Crippen LogP contribution >= 0.6 is 0 Å². The Hall–Kier alpha value is -2.61. The summed E-state index contributed by atoms with van der Waals surface area (Å²) in [4.78, 5) is 38.6. The Morgan fingerprint density at radius 3 is 2.56 bits per heavy atom. The maximum absolute atomic E-state index is 13.3. The number of fused-ring (bicyclic) bond motifs is 2. The second kappa shape index (κ2) is 9.94. The standard InChI is InChI=1S/C26H37N3O5/c1-25(2,3)16-34-24(32)29-21(17-7-5-4-6-8-17)22(30)27-18-9-10-19-20(15-18)28-23(31)26(19)11-13-33-14-12-26/h9-10,15,17,21H,4-8,11-14,16H2,1-3H3,(H,27,30)(H,28,31)(H,29,32). The van der Waals surface area contributed by atoms with Gasteiger partial charge in [0, 0.05) is 24.6 Å². The van der Waals surface area contributed by atoms with E-state index in [-0.39, 0.29) is 29.8 Å². The van der Waals surface area contributed by atoms with Crippen molar-refractivity contribution in [3.63, 3.8) is 0 Å². The first kappa shape index (κ1) is 24.5. The fourth-order valence-electron chi connectivity index (χ4n) is 5.26. The van der Waals surface area contributed by atoms with Crippen LogP contribution < -0.4 is 16.0 Å². The van der Waals surface area contributed by atoms with Crippen molar-refractivity contribution in [2.45, 2.75) is 77.2 Å². The van der Waals surface area contributed by atoms with Crippen LogP contribution in [0.4, 0.5) is 16.2 Å². The molecule has 2 aliphatic heterocycles. The van der Waals surface area contributed by atoms with E-state index in [0.717, 1.165) is 43.4 Å². The van der Waals surface area contributed by atoms with Gasteiger partial charge >= 0.3 is 6.09 Å². The molecule has 3 aliphatic rings. The van der Waals surface area contributed by atoms with E-state index in [9.17, 15) is 14.4 Å². The van der Waals surface area contributed by atoms with Crippen LogP contribution in [-0.2, 0) is 24.5 Å². The summed E-state index contributed by atoms with van der Waals surface area (Å²) in [5, 5.41) is 8.79. The molecular formula is C26H37N3O5. The van der Waals surface area contributed by atoms with Gasteiger partial charge < -0.3 is 25.4 Å². The van der Waals surface area contributed by atoms with Gasteiger partial charge in [-0.3, -0.25) is 9.59 Å². The van der Waals surface area contributed by atoms with Crippen molar-refractivity contribution in [3.05, 3.63) is 23.8 Å². The van der Waals surface area contributed by atoms with Gasteiger partial charge in [-0.15, -0.1) is 0 Å². The Balaban J connectivity index is 1.47. The van der Waals surface area contributed by atoms with E-state index >= 15 is 0 Å². The summed E-state index contributed by atoms with van der Waals surface area (Å²) in [7, 11) is 0. The monoisotopic (exact) mass is 471 g/mol. The van der Waals surface area contributed by atoms with Crippen molar-refractivity contribution in [1.29, 1.82) is 0 Å². The number of benzene rings is 1. The smallest absolute Gasteiger partial charge is 0.407 e. The minimum Gasteiger partial charge on any atom is -0.449 e. The van der Waals surface area contributed by atoms with E-state index in [1.807, 2.05) is 39.0 Å². The molecule has 1 atom stereocenters. The first-order valence-corrected chi connectivity index (χ1v) is 12.5. The third kappa shape index (κ3) is 5.37. The summed E-state index contributed by atoms with van der Waals surface area (Å²) >= 11 is 0. The number of anilines is 2. The largest absolute Gasteiger partial charge is 0.449 e. The van der Waals surface area contributed by atoms with E-state index in [1.54, 1.807) is 0 Å². The Morgan fingerprint density at radius 1 is 1.18 bits per heavy atom. The lowest BCUT2D eigenvalue weighted by atomic mass is 9.75. The number of rotatable bonds is 5. The molecule has 8 nitrogen and oxygen atoms in total.